The van der Waals surface area contributed by atoms with Gasteiger partial charge in [-0.15, -0.1) is 0 Å². The first-order chi connectivity index (χ1) is 10.6. The lowest BCUT2D eigenvalue weighted by molar-refractivity contribution is -0.384. The Kier molecular flexibility index (Phi) is 5.19. The van der Waals surface area contributed by atoms with E-state index in [1.54, 1.807) is 12.1 Å². The van der Waals surface area contributed by atoms with Gasteiger partial charge in [-0.1, -0.05) is 0 Å². The molecule has 1 aromatic carbocycles. The maximum absolute atomic E-state index is 11.9. The monoisotopic (exact) mass is 307 g/mol. The zero-order chi connectivity index (χ0) is 16.1. The van der Waals surface area contributed by atoms with Crippen LogP contribution in [0.2, 0.25) is 0 Å². The second-order valence-electron chi connectivity index (χ2n) is 5.27. The van der Waals surface area contributed by atoms with Crippen LogP contribution in [0.5, 0.6) is 5.75 Å². The van der Waals surface area contributed by atoms with Gasteiger partial charge in [-0.05, 0) is 25.8 Å². The van der Waals surface area contributed by atoms with Crippen molar-refractivity contribution in [3.05, 3.63) is 28.3 Å². The third-order valence-corrected chi connectivity index (χ3v) is 3.94. The second-order valence-corrected chi connectivity index (χ2v) is 5.27. The number of amides is 1. The highest BCUT2D eigenvalue weighted by Gasteiger charge is 2.28. The summed E-state index contributed by atoms with van der Waals surface area (Å²) in [5.41, 5.74) is 0.621. The van der Waals surface area contributed by atoms with Gasteiger partial charge in [0.25, 0.3) is 5.69 Å². The Labute approximate surface area is 129 Å². The van der Waals surface area contributed by atoms with Crippen molar-refractivity contribution in [1.82, 2.24) is 5.32 Å². The third kappa shape index (κ3) is 3.47. The van der Waals surface area contributed by atoms with Crippen molar-refractivity contribution >= 4 is 17.3 Å². The van der Waals surface area contributed by atoms with Gasteiger partial charge < -0.3 is 15.0 Å². The number of anilines is 1. The molecule has 0 radical (unpaired) electrons. The fraction of sp³-hybridized carbons (Fsp3) is 0.533. The highest BCUT2D eigenvalue weighted by molar-refractivity contribution is 5.79. The minimum Gasteiger partial charge on any atom is -0.497 e. The Morgan fingerprint density at radius 3 is 2.68 bits per heavy atom. The van der Waals surface area contributed by atoms with Crippen molar-refractivity contribution in [2.24, 2.45) is 5.92 Å². The van der Waals surface area contributed by atoms with Crippen molar-refractivity contribution in [3.8, 4) is 5.75 Å². The number of nitro groups is 1. The van der Waals surface area contributed by atoms with Crippen LogP contribution in [-0.2, 0) is 4.79 Å². The van der Waals surface area contributed by atoms with Crippen molar-refractivity contribution in [2.45, 2.75) is 19.8 Å². The number of carbonyl (C=O) groups excluding carboxylic acids is 1. The number of nitrogens with one attached hydrogen (secondary N) is 1. The number of hydrogen-bond acceptors (Lipinski definition) is 5. The van der Waals surface area contributed by atoms with Gasteiger partial charge in [0.2, 0.25) is 5.91 Å². The van der Waals surface area contributed by atoms with Crippen LogP contribution in [0.15, 0.2) is 18.2 Å². The van der Waals surface area contributed by atoms with Crippen molar-refractivity contribution < 1.29 is 14.5 Å². The zero-order valence-corrected chi connectivity index (χ0v) is 12.9. The number of methoxy groups -OCH3 is 1. The molecule has 1 amide bonds. The summed E-state index contributed by atoms with van der Waals surface area (Å²) >= 11 is 0. The fourth-order valence-corrected chi connectivity index (χ4v) is 2.74. The Hall–Kier alpha value is -2.31. The van der Waals surface area contributed by atoms with E-state index in [1.165, 1.54) is 13.2 Å². The van der Waals surface area contributed by atoms with Crippen LogP contribution in [0.4, 0.5) is 11.4 Å². The van der Waals surface area contributed by atoms with E-state index < -0.39 is 0 Å². The molecule has 120 valence electrons. The van der Waals surface area contributed by atoms with Gasteiger partial charge in [-0.3, -0.25) is 14.9 Å². The summed E-state index contributed by atoms with van der Waals surface area (Å²) in [6, 6.07) is 4.73. The highest BCUT2D eigenvalue weighted by Crippen LogP contribution is 2.34. The number of hydrogen-bond donors (Lipinski definition) is 1. The van der Waals surface area contributed by atoms with Gasteiger partial charge in [0, 0.05) is 37.7 Å². The van der Waals surface area contributed by atoms with E-state index in [9.17, 15) is 14.9 Å². The van der Waals surface area contributed by atoms with E-state index in [0.717, 1.165) is 0 Å². The summed E-state index contributed by atoms with van der Waals surface area (Å²) in [4.78, 5) is 24.6. The van der Waals surface area contributed by atoms with Gasteiger partial charge in [0.05, 0.1) is 12.0 Å². The smallest absolute Gasteiger partial charge is 0.292 e. The SMILES string of the molecule is CCNC(=O)C1CCN(c2cc(OC)ccc2[N+](=O)[O-])CC1. The van der Waals surface area contributed by atoms with Crippen molar-refractivity contribution in [3.63, 3.8) is 0 Å². The molecule has 0 saturated carbocycles. The predicted octanol–water partition coefficient (Wildman–Crippen LogP) is 1.96. The number of nitro benzene ring substituents is 1. The number of rotatable bonds is 5. The van der Waals surface area contributed by atoms with Crippen LogP contribution in [0.25, 0.3) is 0 Å². The Bertz CT molecular complexity index is 554. The molecule has 0 aliphatic carbocycles. The quantitative estimate of drug-likeness (QED) is 0.664. The number of nitrogens with zero attached hydrogens (tertiary/aromatic N) is 2. The molecule has 7 nitrogen and oxygen atoms in total. The molecule has 0 spiro atoms. The molecular weight excluding hydrogens is 286 g/mol. The Morgan fingerprint density at radius 1 is 1.45 bits per heavy atom. The molecule has 1 saturated heterocycles. The second kappa shape index (κ2) is 7.11. The molecule has 0 unspecified atom stereocenters. The first-order valence-corrected chi connectivity index (χ1v) is 7.42. The molecule has 2 rings (SSSR count). The van der Waals surface area contributed by atoms with Gasteiger partial charge in [-0.25, -0.2) is 0 Å². The molecule has 1 aliphatic rings. The number of carbonyl (C=O) groups is 1. The topological polar surface area (TPSA) is 84.7 Å². The predicted molar refractivity (Wildman–Crippen MR) is 83.3 cm³/mol. The van der Waals surface area contributed by atoms with Crippen LogP contribution < -0.4 is 15.0 Å². The first kappa shape index (κ1) is 16.1. The van der Waals surface area contributed by atoms with Crippen LogP contribution >= 0.6 is 0 Å². The Balaban J connectivity index is 2.13. The summed E-state index contributed by atoms with van der Waals surface area (Å²) in [5, 5.41) is 14.0. The molecule has 0 bridgehead atoms. The van der Waals surface area contributed by atoms with E-state index in [1.807, 2.05) is 11.8 Å². The van der Waals surface area contributed by atoms with E-state index in [0.29, 0.717) is 43.9 Å². The summed E-state index contributed by atoms with van der Waals surface area (Å²) in [5.74, 6) is 0.648. The molecule has 1 heterocycles. The summed E-state index contributed by atoms with van der Waals surface area (Å²) in [6.07, 6.45) is 1.39. The lowest BCUT2D eigenvalue weighted by atomic mass is 9.95. The molecule has 22 heavy (non-hydrogen) atoms. The maximum atomic E-state index is 11.9. The number of benzene rings is 1. The minimum absolute atomic E-state index is 0.0131. The lowest BCUT2D eigenvalue weighted by Crippen LogP contribution is -2.40. The number of piperidine rings is 1. The summed E-state index contributed by atoms with van der Waals surface area (Å²) in [7, 11) is 1.53. The van der Waals surface area contributed by atoms with E-state index in [4.69, 9.17) is 4.74 Å². The van der Waals surface area contributed by atoms with Crippen LogP contribution in [0.3, 0.4) is 0 Å². The molecule has 1 aromatic rings. The molecule has 1 aliphatic heterocycles. The maximum Gasteiger partial charge on any atom is 0.292 e. The average Bonchev–Trinajstić information content (AvgIpc) is 2.54. The van der Waals surface area contributed by atoms with Crippen LogP contribution in [0, 0.1) is 16.0 Å². The summed E-state index contributed by atoms with van der Waals surface area (Å²) in [6.45, 7) is 3.76. The van der Waals surface area contributed by atoms with Crippen molar-refractivity contribution in [2.75, 3.05) is 31.6 Å². The molecule has 1 N–H and O–H groups in total. The number of ether oxygens (including phenoxy) is 1. The van der Waals surface area contributed by atoms with Gasteiger partial charge in [0.15, 0.2) is 0 Å². The van der Waals surface area contributed by atoms with E-state index >= 15 is 0 Å². The summed E-state index contributed by atoms with van der Waals surface area (Å²) < 4.78 is 5.16. The first-order valence-electron chi connectivity index (χ1n) is 7.42. The standard InChI is InChI=1S/C15H21N3O4/c1-3-16-15(19)11-6-8-17(9-7-11)14-10-12(22-2)4-5-13(14)18(20)21/h4-5,10-11H,3,6-9H2,1-2H3,(H,16,19). The van der Waals surface area contributed by atoms with E-state index in [2.05, 4.69) is 5.32 Å². The Morgan fingerprint density at radius 2 is 2.14 bits per heavy atom. The highest BCUT2D eigenvalue weighted by atomic mass is 16.6. The normalized spacial score (nSPS) is 15.5. The van der Waals surface area contributed by atoms with Gasteiger partial charge in [-0.2, -0.15) is 0 Å². The van der Waals surface area contributed by atoms with E-state index in [-0.39, 0.29) is 22.4 Å². The van der Waals surface area contributed by atoms with Gasteiger partial charge >= 0.3 is 0 Å². The molecule has 0 atom stereocenters. The zero-order valence-electron chi connectivity index (χ0n) is 12.9. The van der Waals surface area contributed by atoms with Crippen LogP contribution in [0.1, 0.15) is 19.8 Å². The molecule has 7 heteroatoms. The molecule has 1 fully saturated rings. The lowest BCUT2D eigenvalue weighted by Gasteiger charge is -2.32. The fourth-order valence-electron chi connectivity index (χ4n) is 2.74. The van der Waals surface area contributed by atoms with Gasteiger partial charge in [0.1, 0.15) is 11.4 Å². The molecule has 0 aromatic heterocycles. The minimum atomic E-state index is -0.384. The van der Waals surface area contributed by atoms with Crippen LogP contribution in [-0.4, -0.2) is 37.6 Å². The largest absolute Gasteiger partial charge is 0.497 e. The van der Waals surface area contributed by atoms with Crippen molar-refractivity contribution in [1.29, 1.82) is 0 Å². The third-order valence-electron chi connectivity index (χ3n) is 3.94. The average molecular weight is 307 g/mol. The molecular formula is C15H21N3O4.